The quantitative estimate of drug-likeness (QED) is 0.373. The van der Waals surface area contributed by atoms with E-state index in [4.69, 9.17) is 0 Å². The second-order valence-corrected chi connectivity index (χ2v) is 11.6. The van der Waals surface area contributed by atoms with Crippen LogP contribution in [0.4, 0.5) is 0 Å². The van der Waals surface area contributed by atoms with Crippen LogP contribution in [0, 0.1) is 0 Å². The van der Waals surface area contributed by atoms with Gasteiger partial charge < -0.3 is 0 Å². The van der Waals surface area contributed by atoms with Gasteiger partial charge in [-0.2, -0.15) is 0 Å². The van der Waals surface area contributed by atoms with Crippen LogP contribution >= 0.6 is 0 Å². The summed E-state index contributed by atoms with van der Waals surface area (Å²) in [4.78, 5) is 12.0. The molecule has 0 amide bonds. The first-order valence-corrected chi connectivity index (χ1v) is 11.6. The van der Waals surface area contributed by atoms with Crippen molar-refractivity contribution in [1.29, 1.82) is 0 Å². The highest BCUT2D eigenvalue weighted by atomic mass is 28.3. The van der Waals surface area contributed by atoms with E-state index in [0.717, 1.165) is 17.2 Å². The van der Waals surface area contributed by atoms with Crippen molar-refractivity contribution in [2.24, 2.45) is 0 Å². The highest BCUT2D eigenvalue weighted by Crippen LogP contribution is 2.32. The molecular weight excluding hydrogens is 308 g/mol. The number of carbonyl (C=O) groups is 1. The third-order valence-electron chi connectivity index (χ3n) is 4.55. The molecule has 124 valence electrons. The van der Waals surface area contributed by atoms with E-state index >= 15 is 0 Å². The Labute approximate surface area is 146 Å². The number of rotatable bonds is 8. The molecule has 0 heterocycles. The van der Waals surface area contributed by atoms with Crippen LogP contribution in [0.3, 0.4) is 0 Å². The number of allylic oxidation sites excluding steroid dienone is 2. The van der Waals surface area contributed by atoms with Gasteiger partial charge in [0.1, 0.15) is 0 Å². The summed E-state index contributed by atoms with van der Waals surface area (Å²) in [6, 6.07) is 21.9. The molecule has 1 nitrogen and oxygen atoms in total. The van der Waals surface area contributed by atoms with Gasteiger partial charge in [-0.15, -0.1) is 0 Å². The van der Waals surface area contributed by atoms with Gasteiger partial charge >= 0.3 is 0 Å². The Balaban J connectivity index is 2.24. The Bertz CT molecular complexity index is 701. The molecule has 0 aliphatic rings. The molecule has 2 aromatic carbocycles. The largest absolute Gasteiger partial charge is 0.295 e. The number of ketones is 1. The Morgan fingerprint density at radius 2 is 1.58 bits per heavy atom. The molecule has 0 spiro atoms. The maximum absolute atomic E-state index is 12.0. The minimum atomic E-state index is -1.64. The molecule has 0 fully saturated rings. The van der Waals surface area contributed by atoms with Crippen LogP contribution in [0.2, 0.25) is 19.1 Å². The van der Waals surface area contributed by atoms with E-state index in [2.05, 4.69) is 68.7 Å². The summed E-state index contributed by atoms with van der Waals surface area (Å²) < 4.78 is 0. The van der Waals surface area contributed by atoms with E-state index in [1.54, 1.807) is 0 Å². The van der Waals surface area contributed by atoms with Crippen LogP contribution in [0.15, 0.2) is 85.5 Å². The maximum Gasteiger partial charge on any atom is 0.156 e. The number of hydrogen-bond donors (Lipinski definition) is 0. The molecule has 0 N–H and O–H groups in total. The molecule has 0 aromatic heterocycles. The van der Waals surface area contributed by atoms with Gasteiger partial charge in [-0.05, 0) is 17.7 Å². The van der Waals surface area contributed by atoms with Gasteiger partial charge in [0.2, 0.25) is 0 Å². The zero-order valence-electron chi connectivity index (χ0n) is 14.7. The van der Waals surface area contributed by atoms with Crippen LogP contribution in [0.5, 0.6) is 0 Å². The minimum Gasteiger partial charge on any atom is -0.295 e. The third kappa shape index (κ3) is 4.65. The van der Waals surface area contributed by atoms with Gasteiger partial charge in [-0.25, -0.2) is 0 Å². The van der Waals surface area contributed by atoms with Crippen LogP contribution < -0.4 is 5.19 Å². The summed E-state index contributed by atoms with van der Waals surface area (Å²) in [6.45, 7) is 12.7. The highest BCUT2D eigenvalue weighted by molar-refractivity contribution is 6.90. The second kappa shape index (κ2) is 8.07. The SMILES string of the molecule is C=CC(=O)CC(C(=C)C[Si](C)(C)c1ccccc1)c1ccccc1. The summed E-state index contributed by atoms with van der Waals surface area (Å²) >= 11 is 0. The zero-order valence-corrected chi connectivity index (χ0v) is 15.7. The molecule has 0 aliphatic carbocycles. The van der Waals surface area contributed by atoms with Crippen molar-refractivity contribution in [2.45, 2.75) is 31.5 Å². The average molecular weight is 335 g/mol. The summed E-state index contributed by atoms with van der Waals surface area (Å²) in [5.41, 5.74) is 2.31. The summed E-state index contributed by atoms with van der Waals surface area (Å²) in [7, 11) is -1.64. The Kier molecular flexibility index (Phi) is 6.10. The number of carbonyl (C=O) groups excluding carboxylic acids is 1. The van der Waals surface area contributed by atoms with E-state index in [1.807, 2.05) is 18.2 Å². The molecular formula is C22H26OSi. The third-order valence-corrected chi connectivity index (χ3v) is 7.79. The molecule has 0 aliphatic heterocycles. The fourth-order valence-corrected chi connectivity index (χ4v) is 5.83. The van der Waals surface area contributed by atoms with Crippen LogP contribution in [0.1, 0.15) is 17.9 Å². The second-order valence-electron chi connectivity index (χ2n) is 6.92. The molecule has 0 saturated heterocycles. The molecule has 0 saturated carbocycles. The predicted octanol–water partition coefficient (Wildman–Crippen LogP) is 5.09. The van der Waals surface area contributed by atoms with Gasteiger partial charge in [0.25, 0.3) is 0 Å². The van der Waals surface area contributed by atoms with Crippen molar-refractivity contribution in [1.82, 2.24) is 0 Å². The monoisotopic (exact) mass is 334 g/mol. The van der Waals surface area contributed by atoms with E-state index in [-0.39, 0.29) is 11.7 Å². The predicted molar refractivity (Wildman–Crippen MR) is 107 cm³/mol. The first-order chi connectivity index (χ1) is 11.4. The lowest BCUT2D eigenvalue weighted by Gasteiger charge is -2.28. The van der Waals surface area contributed by atoms with Crippen molar-refractivity contribution >= 4 is 19.0 Å². The van der Waals surface area contributed by atoms with E-state index in [0.29, 0.717) is 6.42 Å². The summed E-state index contributed by atoms with van der Waals surface area (Å²) in [6.07, 6.45) is 1.87. The maximum atomic E-state index is 12.0. The van der Waals surface area contributed by atoms with Crippen molar-refractivity contribution < 1.29 is 4.79 Å². The van der Waals surface area contributed by atoms with Gasteiger partial charge in [-0.1, -0.05) is 97.7 Å². The normalized spacial score (nSPS) is 12.4. The fraction of sp³-hybridized carbons (Fsp3) is 0.227. The summed E-state index contributed by atoms with van der Waals surface area (Å²) in [5, 5.41) is 1.42. The van der Waals surface area contributed by atoms with Gasteiger partial charge in [0.05, 0.1) is 8.07 Å². The first-order valence-electron chi connectivity index (χ1n) is 8.37. The molecule has 2 aromatic rings. The van der Waals surface area contributed by atoms with Crippen LogP contribution in [-0.2, 0) is 4.79 Å². The fourth-order valence-electron chi connectivity index (χ4n) is 3.15. The average Bonchev–Trinajstić information content (AvgIpc) is 2.60. The lowest BCUT2D eigenvalue weighted by molar-refractivity contribution is -0.114. The molecule has 0 radical (unpaired) electrons. The molecule has 24 heavy (non-hydrogen) atoms. The smallest absolute Gasteiger partial charge is 0.156 e. The van der Waals surface area contributed by atoms with Crippen molar-refractivity contribution in [3.8, 4) is 0 Å². The first kappa shape index (κ1) is 18.1. The van der Waals surface area contributed by atoms with Gasteiger partial charge in [0.15, 0.2) is 5.78 Å². The Hall–Kier alpha value is -2.19. The van der Waals surface area contributed by atoms with E-state index in [9.17, 15) is 4.79 Å². The number of hydrogen-bond acceptors (Lipinski definition) is 1. The van der Waals surface area contributed by atoms with E-state index < -0.39 is 8.07 Å². The highest BCUT2D eigenvalue weighted by Gasteiger charge is 2.28. The topological polar surface area (TPSA) is 17.1 Å². The van der Waals surface area contributed by atoms with Crippen LogP contribution in [-0.4, -0.2) is 13.9 Å². The molecule has 0 bridgehead atoms. The number of benzene rings is 2. The van der Waals surface area contributed by atoms with Crippen molar-refractivity contribution in [2.75, 3.05) is 0 Å². The van der Waals surface area contributed by atoms with E-state index in [1.165, 1.54) is 11.3 Å². The van der Waals surface area contributed by atoms with Gasteiger partial charge in [0, 0.05) is 12.3 Å². The zero-order chi connectivity index (χ0) is 17.6. The molecule has 2 heteroatoms. The van der Waals surface area contributed by atoms with Gasteiger partial charge in [-0.3, -0.25) is 4.79 Å². The standard InChI is InChI=1S/C22H26OSi/c1-5-20(23)16-22(19-12-8-6-9-13-19)18(2)17-24(3,4)21-14-10-7-11-15-21/h5-15,22H,1-2,16-17H2,3-4H3. The van der Waals surface area contributed by atoms with Crippen molar-refractivity contribution in [3.05, 3.63) is 91.0 Å². The molecule has 1 unspecified atom stereocenters. The minimum absolute atomic E-state index is 0.0622. The van der Waals surface area contributed by atoms with Crippen molar-refractivity contribution in [3.63, 3.8) is 0 Å². The Morgan fingerprint density at radius 3 is 2.12 bits per heavy atom. The Morgan fingerprint density at radius 1 is 1.04 bits per heavy atom. The van der Waals surface area contributed by atoms with Crippen LogP contribution in [0.25, 0.3) is 0 Å². The summed E-state index contributed by atoms with van der Waals surface area (Å²) in [5.74, 6) is 0.136. The molecule has 1 atom stereocenters. The lowest BCUT2D eigenvalue weighted by Crippen LogP contribution is -2.41. The molecule has 2 rings (SSSR count). The lowest BCUT2D eigenvalue weighted by atomic mass is 9.88.